The first-order valence-corrected chi connectivity index (χ1v) is 5.75. The topological polar surface area (TPSA) is 80.7 Å². The number of rotatable bonds is 5. The van der Waals surface area contributed by atoms with E-state index in [9.17, 15) is 10.1 Å². The summed E-state index contributed by atoms with van der Waals surface area (Å²) < 4.78 is 1.87. The van der Waals surface area contributed by atoms with Crippen LogP contribution in [0.5, 0.6) is 0 Å². The summed E-state index contributed by atoms with van der Waals surface area (Å²) in [6.45, 7) is 0.361. The van der Waals surface area contributed by atoms with Crippen LogP contribution in [0.4, 0.5) is 5.69 Å². The lowest BCUT2D eigenvalue weighted by Crippen LogP contribution is -1.99. The molecule has 0 unspecified atom stereocenters. The van der Waals surface area contributed by atoms with E-state index >= 15 is 0 Å². The van der Waals surface area contributed by atoms with E-state index in [0.717, 1.165) is 11.4 Å². The van der Waals surface area contributed by atoms with Gasteiger partial charge in [-0.25, -0.2) is 0 Å². The van der Waals surface area contributed by atoms with Crippen LogP contribution in [0.1, 0.15) is 5.69 Å². The number of aromatic nitrogens is 1. The minimum absolute atomic E-state index is 0.00867. The molecule has 2 rings (SSSR count). The van der Waals surface area contributed by atoms with Crippen LogP contribution in [0.2, 0.25) is 0 Å². The first kappa shape index (κ1) is 13.0. The molecule has 0 aliphatic heterocycles. The van der Waals surface area contributed by atoms with E-state index in [1.165, 1.54) is 12.1 Å². The van der Waals surface area contributed by atoms with E-state index < -0.39 is 4.92 Å². The summed E-state index contributed by atoms with van der Waals surface area (Å²) in [5.74, 6) is 0. The van der Waals surface area contributed by atoms with Crippen molar-refractivity contribution in [1.29, 1.82) is 0 Å². The van der Waals surface area contributed by atoms with Gasteiger partial charge in [0.05, 0.1) is 23.8 Å². The SMILES string of the molecule is O=[N+]([O-])c1ccc(-n2cccc2C=NCCO)cc1. The van der Waals surface area contributed by atoms with Gasteiger partial charge in [-0.3, -0.25) is 15.1 Å². The van der Waals surface area contributed by atoms with E-state index in [-0.39, 0.29) is 12.3 Å². The highest BCUT2D eigenvalue weighted by Gasteiger charge is 2.06. The molecule has 2 aromatic rings. The maximum absolute atomic E-state index is 10.6. The molecule has 0 saturated carbocycles. The summed E-state index contributed by atoms with van der Waals surface area (Å²) >= 11 is 0. The van der Waals surface area contributed by atoms with Crippen molar-refractivity contribution < 1.29 is 10.0 Å². The molecule has 0 amide bonds. The number of hydrogen-bond acceptors (Lipinski definition) is 4. The van der Waals surface area contributed by atoms with Crippen LogP contribution >= 0.6 is 0 Å². The molecular weight excluding hydrogens is 246 g/mol. The molecule has 6 nitrogen and oxygen atoms in total. The molecule has 0 bridgehead atoms. The molecule has 1 aromatic heterocycles. The van der Waals surface area contributed by atoms with E-state index in [1.54, 1.807) is 18.3 Å². The Labute approximate surface area is 109 Å². The van der Waals surface area contributed by atoms with Gasteiger partial charge in [0.25, 0.3) is 5.69 Å². The Hall–Kier alpha value is -2.47. The van der Waals surface area contributed by atoms with E-state index in [0.29, 0.717) is 6.54 Å². The summed E-state index contributed by atoms with van der Waals surface area (Å²) in [5, 5.41) is 19.3. The fourth-order valence-corrected chi connectivity index (χ4v) is 1.69. The molecule has 1 heterocycles. The lowest BCUT2D eigenvalue weighted by atomic mass is 10.3. The average Bonchev–Trinajstić information content (AvgIpc) is 2.87. The molecular formula is C13H13N3O3. The monoisotopic (exact) mass is 259 g/mol. The van der Waals surface area contributed by atoms with Gasteiger partial charge in [-0.05, 0) is 24.3 Å². The molecule has 0 spiro atoms. The summed E-state index contributed by atoms with van der Waals surface area (Å²) in [4.78, 5) is 14.2. The molecule has 19 heavy (non-hydrogen) atoms. The minimum Gasteiger partial charge on any atom is -0.394 e. The maximum atomic E-state index is 10.6. The average molecular weight is 259 g/mol. The van der Waals surface area contributed by atoms with Crippen LogP contribution in [0.15, 0.2) is 47.6 Å². The third-order valence-corrected chi connectivity index (χ3v) is 2.57. The van der Waals surface area contributed by atoms with E-state index in [2.05, 4.69) is 4.99 Å². The second-order valence-electron chi connectivity index (χ2n) is 3.84. The second-order valence-corrected chi connectivity index (χ2v) is 3.84. The Morgan fingerprint density at radius 3 is 2.68 bits per heavy atom. The van der Waals surface area contributed by atoms with Gasteiger partial charge in [-0.15, -0.1) is 0 Å². The molecule has 0 atom stereocenters. The maximum Gasteiger partial charge on any atom is 0.269 e. The van der Waals surface area contributed by atoms with Crippen molar-refractivity contribution in [2.45, 2.75) is 0 Å². The Morgan fingerprint density at radius 2 is 2.05 bits per heavy atom. The van der Waals surface area contributed by atoms with E-state index in [4.69, 9.17) is 5.11 Å². The zero-order valence-corrected chi connectivity index (χ0v) is 10.1. The highest BCUT2D eigenvalue weighted by atomic mass is 16.6. The number of aliphatic hydroxyl groups is 1. The number of nitro benzene ring substituents is 1. The number of hydrogen-bond donors (Lipinski definition) is 1. The predicted molar refractivity (Wildman–Crippen MR) is 72.0 cm³/mol. The van der Waals surface area contributed by atoms with E-state index in [1.807, 2.05) is 22.9 Å². The van der Waals surface area contributed by atoms with Gasteiger partial charge in [0.1, 0.15) is 0 Å². The lowest BCUT2D eigenvalue weighted by molar-refractivity contribution is -0.384. The molecule has 0 aliphatic carbocycles. The quantitative estimate of drug-likeness (QED) is 0.505. The smallest absolute Gasteiger partial charge is 0.269 e. The fraction of sp³-hybridized carbons (Fsp3) is 0.154. The Morgan fingerprint density at radius 1 is 1.32 bits per heavy atom. The zero-order valence-electron chi connectivity index (χ0n) is 10.1. The second kappa shape index (κ2) is 5.92. The molecule has 98 valence electrons. The van der Waals surface area contributed by atoms with Crippen LogP contribution in [0.3, 0.4) is 0 Å². The van der Waals surface area contributed by atoms with Gasteiger partial charge < -0.3 is 9.67 Å². The fourth-order valence-electron chi connectivity index (χ4n) is 1.69. The van der Waals surface area contributed by atoms with Crippen molar-refractivity contribution in [3.63, 3.8) is 0 Å². The molecule has 0 fully saturated rings. The first-order valence-electron chi connectivity index (χ1n) is 5.75. The van der Waals surface area contributed by atoms with Crippen molar-refractivity contribution in [3.05, 3.63) is 58.4 Å². The molecule has 6 heteroatoms. The third-order valence-electron chi connectivity index (χ3n) is 2.57. The Balaban J connectivity index is 2.27. The third kappa shape index (κ3) is 3.05. The Bertz CT molecular complexity index is 587. The summed E-state index contributed by atoms with van der Waals surface area (Å²) in [6.07, 6.45) is 3.51. The van der Waals surface area contributed by atoms with Gasteiger partial charge in [0.15, 0.2) is 0 Å². The van der Waals surface area contributed by atoms with Crippen molar-refractivity contribution >= 4 is 11.9 Å². The van der Waals surface area contributed by atoms with Crippen molar-refractivity contribution in [1.82, 2.24) is 4.57 Å². The number of benzene rings is 1. The molecule has 1 aromatic carbocycles. The molecule has 1 N–H and O–H groups in total. The standard InChI is InChI=1S/C13H13N3O3/c17-9-7-14-10-13-2-1-8-15(13)11-3-5-12(6-4-11)16(18)19/h1-6,8,10,17H,7,9H2. The van der Waals surface area contributed by atoms with Crippen LogP contribution in [0.25, 0.3) is 5.69 Å². The van der Waals surface area contributed by atoms with Crippen LogP contribution < -0.4 is 0 Å². The molecule has 0 radical (unpaired) electrons. The van der Waals surface area contributed by atoms with Crippen LogP contribution in [-0.2, 0) is 0 Å². The van der Waals surface area contributed by atoms with Gasteiger partial charge in [0, 0.05) is 30.2 Å². The van der Waals surface area contributed by atoms with Crippen LogP contribution in [0, 0.1) is 10.1 Å². The summed E-state index contributed by atoms with van der Waals surface area (Å²) in [6, 6.07) is 10.0. The Kier molecular flexibility index (Phi) is 4.04. The van der Waals surface area contributed by atoms with Gasteiger partial charge in [-0.1, -0.05) is 0 Å². The normalized spacial score (nSPS) is 11.0. The largest absolute Gasteiger partial charge is 0.394 e. The zero-order chi connectivity index (χ0) is 13.7. The number of non-ortho nitro benzene ring substituents is 1. The number of nitrogens with zero attached hydrogens (tertiary/aromatic N) is 3. The molecule has 0 saturated heterocycles. The summed E-state index contributed by atoms with van der Waals surface area (Å²) in [7, 11) is 0. The highest BCUT2D eigenvalue weighted by Crippen LogP contribution is 2.16. The predicted octanol–water partition coefficient (Wildman–Crippen LogP) is 1.80. The molecule has 0 aliphatic rings. The number of aliphatic imine (C=N–C) groups is 1. The van der Waals surface area contributed by atoms with Crippen molar-refractivity contribution in [2.24, 2.45) is 4.99 Å². The van der Waals surface area contributed by atoms with Crippen molar-refractivity contribution in [2.75, 3.05) is 13.2 Å². The van der Waals surface area contributed by atoms with Gasteiger partial charge in [-0.2, -0.15) is 0 Å². The first-order chi connectivity index (χ1) is 9.22. The van der Waals surface area contributed by atoms with Gasteiger partial charge in [0.2, 0.25) is 0 Å². The minimum atomic E-state index is -0.428. The highest BCUT2D eigenvalue weighted by molar-refractivity contribution is 5.78. The summed E-state index contributed by atoms with van der Waals surface area (Å²) in [5.41, 5.74) is 1.73. The van der Waals surface area contributed by atoms with Gasteiger partial charge >= 0.3 is 0 Å². The lowest BCUT2D eigenvalue weighted by Gasteiger charge is -2.05. The number of nitro groups is 1. The van der Waals surface area contributed by atoms with Crippen molar-refractivity contribution in [3.8, 4) is 5.69 Å². The number of aliphatic hydroxyl groups excluding tert-OH is 1. The van der Waals surface area contributed by atoms with Crippen LogP contribution in [-0.4, -0.2) is 34.0 Å².